The Labute approximate surface area is 119 Å². The fourth-order valence-corrected chi connectivity index (χ4v) is 2.69. The van der Waals surface area contributed by atoms with Gasteiger partial charge in [-0.25, -0.2) is 4.39 Å². The van der Waals surface area contributed by atoms with E-state index in [0.29, 0.717) is 11.5 Å². The minimum atomic E-state index is -0.395. The Kier molecular flexibility index (Phi) is 3.90. The molecule has 1 aromatic carbocycles. The molecule has 1 saturated heterocycles. The number of carbonyl (C=O) groups excluding carboxylic acids is 1. The molecule has 0 spiro atoms. The zero-order valence-corrected chi connectivity index (χ0v) is 12.5. The van der Waals surface area contributed by atoms with E-state index in [9.17, 15) is 9.18 Å². The average molecular weight is 281 g/mol. The van der Waals surface area contributed by atoms with Crippen LogP contribution >= 0.6 is 12.6 Å². The van der Waals surface area contributed by atoms with Crippen LogP contribution in [-0.4, -0.2) is 23.9 Å². The molecule has 1 amide bonds. The lowest BCUT2D eigenvalue weighted by molar-refractivity contribution is 0.0776. The number of nitrogens with zero attached hydrogens (tertiary/aromatic N) is 1. The molecule has 0 N–H and O–H groups in total. The van der Waals surface area contributed by atoms with Gasteiger partial charge in [0.25, 0.3) is 5.91 Å². The van der Waals surface area contributed by atoms with E-state index in [1.165, 1.54) is 18.2 Å². The summed E-state index contributed by atoms with van der Waals surface area (Å²) in [6, 6.07) is 4.33. The summed E-state index contributed by atoms with van der Waals surface area (Å²) in [5, 5.41) is 0. The van der Waals surface area contributed by atoms with Crippen molar-refractivity contribution in [1.82, 2.24) is 4.90 Å². The largest absolute Gasteiger partial charge is 0.338 e. The third kappa shape index (κ3) is 3.11. The molecular formula is C15H20FNOS. The minimum Gasteiger partial charge on any atom is -0.338 e. The van der Waals surface area contributed by atoms with Crippen LogP contribution < -0.4 is 0 Å². The van der Waals surface area contributed by atoms with Gasteiger partial charge in [0.05, 0.1) is 0 Å². The first-order chi connectivity index (χ1) is 8.79. The molecule has 1 unspecified atom stereocenters. The van der Waals surface area contributed by atoms with Crippen LogP contribution in [0.1, 0.15) is 37.6 Å². The van der Waals surface area contributed by atoms with Crippen LogP contribution in [0.3, 0.4) is 0 Å². The summed E-state index contributed by atoms with van der Waals surface area (Å²) < 4.78 is 13.2. The molecule has 0 aromatic heterocycles. The predicted molar refractivity (Wildman–Crippen MR) is 77.1 cm³/mol. The molecule has 1 fully saturated rings. The van der Waals surface area contributed by atoms with Crippen molar-refractivity contribution in [2.75, 3.05) is 13.1 Å². The molecule has 0 bridgehead atoms. The smallest absolute Gasteiger partial charge is 0.253 e. The monoisotopic (exact) mass is 281 g/mol. The summed E-state index contributed by atoms with van der Waals surface area (Å²) in [6.07, 6.45) is 1.03. The van der Waals surface area contributed by atoms with Crippen LogP contribution in [0.4, 0.5) is 4.39 Å². The summed E-state index contributed by atoms with van der Waals surface area (Å²) in [6.45, 7) is 8.17. The SMILES string of the molecule is CC(C)(C)C1CCN(C(=O)c2ccc(F)c(S)c2)C1. The second kappa shape index (κ2) is 5.16. The maximum atomic E-state index is 13.2. The number of rotatable bonds is 1. The van der Waals surface area contributed by atoms with Crippen molar-refractivity contribution >= 4 is 18.5 Å². The van der Waals surface area contributed by atoms with Crippen LogP contribution in [0.5, 0.6) is 0 Å². The molecule has 1 heterocycles. The molecule has 2 rings (SSSR count). The fraction of sp³-hybridized carbons (Fsp3) is 0.533. The highest BCUT2D eigenvalue weighted by Crippen LogP contribution is 2.34. The lowest BCUT2D eigenvalue weighted by Crippen LogP contribution is -2.31. The van der Waals surface area contributed by atoms with Crippen molar-refractivity contribution in [2.24, 2.45) is 11.3 Å². The molecule has 2 nitrogen and oxygen atoms in total. The fourth-order valence-electron chi connectivity index (χ4n) is 2.48. The lowest BCUT2D eigenvalue weighted by Gasteiger charge is -2.27. The van der Waals surface area contributed by atoms with Crippen LogP contribution in [0, 0.1) is 17.2 Å². The summed E-state index contributed by atoms with van der Waals surface area (Å²) in [4.78, 5) is 14.4. The topological polar surface area (TPSA) is 20.3 Å². The van der Waals surface area contributed by atoms with Crippen LogP contribution in [0.25, 0.3) is 0 Å². The zero-order chi connectivity index (χ0) is 14.2. The van der Waals surface area contributed by atoms with E-state index in [2.05, 4.69) is 33.4 Å². The second-order valence-electron chi connectivity index (χ2n) is 6.27. The van der Waals surface area contributed by atoms with Gasteiger partial charge in [0.15, 0.2) is 0 Å². The van der Waals surface area contributed by atoms with Gasteiger partial charge in [-0.1, -0.05) is 20.8 Å². The standard InChI is InChI=1S/C15H20FNOS/c1-15(2,3)11-6-7-17(9-11)14(18)10-4-5-12(16)13(19)8-10/h4-5,8,11,19H,6-7,9H2,1-3H3. The first kappa shape index (κ1) is 14.4. The lowest BCUT2D eigenvalue weighted by atomic mass is 9.80. The molecule has 1 aromatic rings. The van der Waals surface area contributed by atoms with Gasteiger partial charge in [0.2, 0.25) is 0 Å². The molecule has 0 aliphatic carbocycles. The molecule has 104 valence electrons. The summed E-state index contributed by atoms with van der Waals surface area (Å²) in [5.41, 5.74) is 0.730. The van der Waals surface area contributed by atoms with Crippen LogP contribution in [0.15, 0.2) is 23.1 Å². The molecular weight excluding hydrogens is 261 g/mol. The predicted octanol–water partition coefficient (Wildman–Crippen LogP) is 3.62. The maximum absolute atomic E-state index is 13.2. The maximum Gasteiger partial charge on any atom is 0.253 e. The highest BCUT2D eigenvalue weighted by molar-refractivity contribution is 7.80. The van der Waals surface area contributed by atoms with Gasteiger partial charge in [-0.3, -0.25) is 4.79 Å². The Balaban J connectivity index is 2.11. The second-order valence-corrected chi connectivity index (χ2v) is 6.75. The van der Waals surface area contributed by atoms with Gasteiger partial charge in [-0.05, 0) is 36.0 Å². The summed E-state index contributed by atoms with van der Waals surface area (Å²) in [7, 11) is 0. The third-order valence-corrected chi connectivity index (χ3v) is 4.24. The minimum absolute atomic E-state index is 0.0259. The van der Waals surface area contributed by atoms with Crippen molar-refractivity contribution in [3.8, 4) is 0 Å². The van der Waals surface area contributed by atoms with E-state index in [0.717, 1.165) is 19.5 Å². The third-order valence-electron chi connectivity index (χ3n) is 3.89. The van der Waals surface area contributed by atoms with E-state index in [-0.39, 0.29) is 16.2 Å². The Bertz CT molecular complexity index is 495. The Morgan fingerprint density at radius 2 is 2.11 bits per heavy atom. The number of halogens is 1. The van der Waals surface area contributed by atoms with Gasteiger partial charge in [0.1, 0.15) is 5.82 Å². The Hall–Kier alpha value is -1.03. The van der Waals surface area contributed by atoms with Crippen molar-refractivity contribution in [3.05, 3.63) is 29.6 Å². The van der Waals surface area contributed by atoms with Crippen LogP contribution in [0.2, 0.25) is 0 Å². The van der Waals surface area contributed by atoms with Crippen LogP contribution in [-0.2, 0) is 0 Å². The first-order valence-corrected chi connectivity index (χ1v) is 7.01. The highest BCUT2D eigenvalue weighted by Gasteiger charge is 2.34. The molecule has 0 radical (unpaired) electrons. The number of benzene rings is 1. The average Bonchev–Trinajstić information content (AvgIpc) is 2.81. The van der Waals surface area contributed by atoms with E-state index >= 15 is 0 Å². The van der Waals surface area contributed by atoms with E-state index in [1.807, 2.05) is 4.90 Å². The highest BCUT2D eigenvalue weighted by atomic mass is 32.1. The number of likely N-dealkylation sites (tertiary alicyclic amines) is 1. The zero-order valence-electron chi connectivity index (χ0n) is 11.6. The number of amides is 1. The van der Waals surface area contributed by atoms with E-state index in [4.69, 9.17) is 0 Å². The molecule has 1 aliphatic heterocycles. The number of thiol groups is 1. The molecule has 1 atom stereocenters. The first-order valence-electron chi connectivity index (χ1n) is 6.57. The number of carbonyl (C=O) groups is 1. The summed E-state index contributed by atoms with van der Waals surface area (Å²) in [5.74, 6) is 0.100. The van der Waals surface area contributed by atoms with Gasteiger partial charge in [-0.2, -0.15) is 0 Å². The normalized spacial score (nSPS) is 19.8. The van der Waals surface area contributed by atoms with Gasteiger partial charge in [0, 0.05) is 23.5 Å². The molecule has 19 heavy (non-hydrogen) atoms. The van der Waals surface area contributed by atoms with Crippen molar-refractivity contribution in [2.45, 2.75) is 32.1 Å². The molecule has 1 aliphatic rings. The number of hydrogen-bond donors (Lipinski definition) is 1. The quantitative estimate of drug-likeness (QED) is 0.780. The van der Waals surface area contributed by atoms with Crippen molar-refractivity contribution < 1.29 is 9.18 Å². The Morgan fingerprint density at radius 1 is 1.42 bits per heavy atom. The summed E-state index contributed by atoms with van der Waals surface area (Å²) >= 11 is 4.02. The van der Waals surface area contributed by atoms with Gasteiger partial charge < -0.3 is 4.90 Å². The van der Waals surface area contributed by atoms with E-state index < -0.39 is 5.82 Å². The van der Waals surface area contributed by atoms with Crippen molar-refractivity contribution in [3.63, 3.8) is 0 Å². The number of hydrogen-bond acceptors (Lipinski definition) is 2. The van der Waals surface area contributed by atoms with Crippen molar-refractivity contribution in [1.29, 1.82) is 0 Å². The van der Waals surface area contributed by atoms with Gasteiger partial charge >= 0.3 is 0 Å². The Morgan fingerprint density at radius 3 is 2.63 bits per heavy atom. The van der Waals surface area contributed by atoms with Gasteiger partial charge in [-0.15, -0.1) is 12.6 Å². The molecule has 4 heteroatoms. The van der Waals surface area contributed by atoms with E-state index in [1.54, 1.807) is 0 Å². The molecule has 0 saturated carbocycles.